The summed E-state index contributed by atoms with van der Waals surface area (Å²) >= 11 is -0.252. The van der Waals surface area contributed by atoms with Gasteiger partial charge in [-0.15, -0.1) is 0 Å². The van der Waals surface area contributed by atoms with E-state index < -0.39 is 0 Å². The lowest BCUT2D eigenvalue weighted by molar-refractivity contribution is 0.320. The largest absolute Gasteiger partial charge is 0.305 e. The van der Waals surface area contributed by atoms with E-state index >= 15 is 0 Å². The van der Waals surface area contributed by atoms with Crippen molar-refractivity contribution in [2.24, 2.45) is 0 Å². The van der Waals surface area contributed by atoms with E-state index in [0.29, 0.717) is 0 Å². The molecule has 2 heteroatoms. The molecule has 1 fully saturated rings. The van der Waals surface area contributed by atoms with Gasteiger partial charge in [-0.1, -0.05) is 49.0 Å². The highest BCUT2D eigenvalue weighted by Crippen LogP contribution is 2.21. The summed E-state index contributed by atoms with van der Waals surface area (Å²) in [6.07, 6.45) is 4.62. The quantitative estimate of drug-likeness (QED) is 0.612. The van der Waals surface area contributed by atoms with Crippen LogP contribution in [0.3, 0.4) is 0 Å². The van der Waals surface area contributed by atoms with E-state index in [0.717, 1.165) is 0 Å². The molecular weight excluding hydrogens is 173 g/mol. The Balaban J connectivity index is 2.09. The van der Waals surface area contributed by atoms with Crippen LogP contribution >= 0.6 is 0 Å². The van der Waals surface area contributed by atoms with Crippen LogP contribution in [0.2, 0.25) is 15.8 Å². The summed E-state index contributed by atoms with van der Waals surface area (Å²) in [4.78, 5) is 2.58. The average Bonchev–Trinajstić information content (AvgIpc) is 2.21. The number of hydrogen-bond acceptors (Lipinski definition) is 1. The van der Waals surface area contributed by atoms with E-state index in [9.17, 15) is 0 Å². The summed E-state index contributed by atoms with van der Waals surface area (Å²) < 4.78 is 0. The van der Waals surface area contributed by atoms with E-state index in [1.54, 1.807) is 28.7 Å². The molecule has 0 amide bonds. The Bertz CT molecular complexity index is 117. The van der Waals surface area contributed by atoms with Gasteiger partial charge in [0.05, 0.1) is 0 Å². The van der Waals surface area contributed by atoms with Crippen LogP contribution in [0.15, 0.2) is 0 Å². The molecule has 0 aromatic rings. The van der Waals surface area contributed by atoms with E-state index in [2.05, 4.69) is 18.7 Å². The molecule has 13 heavy (non-hydrogen) atoms. The van der Waals surface area contributed by atoms with E-state index in [4.69, 9.17) is 0 Å². The van der Waals surface area contributed by atoms with Crippen molar-refractivity contribution in [2.45, 2.75) is 49.0 Å². The number of nitrogens with zero attached hydrogens (tertiary/aromatic N) is 1. The summed E-state index contributed by atoms with van der Waals surface area (Å²) in [5, 5.41) is 4.87. The molecule has 0 radical (unpaired) electrons. The molecule has 0 aromatic carbocycles. The van der Waals surface area contributed by atoms with Crippen molar-refractivity contribution >= 4 is 14.1 Å². The number of hydrogen-bond donors (Lipinski definition) is 0. The van der Waals surface area contributed by atoms with Gasteiger partial charge >= 0.3 is 0 Å². The first-order chi connectivity index (χ1) is 6.36. The van der Waals surface area contributed by atoms with Crippen molar-refractivity contribution in [3.8, 4) is 0 Å². The summed E-state index contributed by atoms with van der Waals surface area (Å²) in [5.41, 5.74) is 0. The maximum Gasteiger partial charge on any atom is 0.263 e. The van der Waals surface area contributed by atoms with Crippen molar-refractivity contribution in [1.82, 2.24) is 4.90 Å². The zero-order valence-electron chi connectivity index (χ0n) is 9.39. The molecule has 0 spiro atoms. The first kappa shape index (κ1) is 11.6. The van der Waals surface area contributed by atoms with Crippen molar-refractivity contribution in [2.75, 3.05) is 19.6 Å². The van der Waals surface area contributed by atoms with Crippen molar-refractivity contribution in [1.29, 1.82) is 0 Å². The lowest BCUT2D eigenvalue weighted by Gasteiger charge is -2.22. The molecule has 0 saturated carbocycles. The molecule has 0 unspecified atom stereocenters. The van der Waals surface area contributed by atoms with Crippen LogP contribution in [0.4, 0.5) is 0 Å². The maximum atomic E-state index is 2.58. The second-order valence-corrected chi connectivity index (χ2v) is 7.78. The first-order valence-corrected chi connectivity index (χ1v) is 8.54. The summed E-state index contributed by atoms with van der Waals surface area (Å²) in [5.74, 6) is 0. The summed E-state index contributed by atoms with van der Waals surface area (Å²) in [6, 6.07) is 0. The first-order valence-electron chi connectivity index (χ1n) is 6.09. The van der Waals surface area contributed by atoms with Crippen LogP contribution in [0.1, 0.15) is 33.1 Å². The molecular formula is C11H24AlN. The van der Waals surface area contributed by atoms with Crippen LogP contribution in [-0.4, -0.2) is 38.7 Å². The van der Waals surface area contributed by atoms with Gasteiger partial charge in [0.15, 0.2) is 0 Å². The molecule has 0 aliphatic carbocycles. The fraction of sp³-hybridized carbons (Fsp3) is 1.00. The van der Waals surface area contributed by atoms with Crippen LogP contribution in [0.5, 0.6) is 0 Å². The molecule has 1 saturated heterocycles. The zero-order chi connectivity index (χ0) is 9.52. The minimum atomic E-state index is -0.252. The fourth-order valence-corrected chi connectivity index (χ4v) is 5.71. The minimum absolute atomic E-state index is 0.252. The lowest BCUT2D eigenvalue weighted by Crippen LogP contribution is -2.28. The van der Waals surface area contributed by atoms with Crippen molar-refractivity contribution in [3.05, 3.63) is 0 Å². The number of rotatable bonds is 5. The van der Waals surface area contributed by atoms with E-state index in [-0.39, 0.29) is 14.1 Å². The van der Waals surface area contributed by atoms with Gasteiger partial charge in [0.25, 0.3) is 14.1 Å². The van der Waals surface area contributed by atoms with Gasteiger partial charge < -0.3 is 4.90 Å². The Hall–Kier alpha value is 0.492. The van der Waals surface area contributed by atoms with Gasteiger partial charge in [-0.3, -0.25) is 0 Å². The molecule has 0 aromatic heterocycles. The maximum absolute atomic E-state index is 2.58. The monoisotopic (exact) mass is 197 g/mol. The normalized spacial score (nSPS) is 18.2. The smallest absolute Gasteiger partial charge is 0.263 e. The molecule has 1 nitrogen and oxygen atoms in total. The van der Waals surface area contributed by atoms with Crippen LogP contribution in [-0.2, 0) is 0 Å². The average molecular weight is 197 g/mol. The highest BCUT2D eigenvalue weighted by molar-refractivity contribution is 6.59. The Morgan fingerprint density at radius 1 is 1.00 bits per heavy atom. The fourth-order valence-electron chi connectivity index (χ4n) is 2.38. The van der Waals surface area contributed by atoms with E-state index in [1.165, 1.54) is 26.1 Å². The van der Waals surface area contributed by atoms with Gasteiger partial charge in [0, 0.05) is 0 Å². The van der Waals surface area contributed by atoms with Crippen LogP contribution in [0, 0.1) is 0 Å². The third-order valence-corrected chi connectivity index (χ3v) is 7.00. The molecule has 1 heterocycles. The van der Waals surface area contributed by atoms with Gasteiger partial charge in [-0.25, -0.2) is 0 Å². The SMILES string of the molecule is CCN(CC)C[CH2][Al]1[CH2]CCC[CH2]1. The molecule has 1 aliphatic rings. The summed E-state index contributed by atoms with van der Waals surface area (Å²) in [6.45, 7) is 8.46. The molecule has 1 aliphatic heterocycles. The van der Waals surface area contributed by atoms with Crippen LogP contribution < -0.4 is 0 Å². The second kappa shape index (κ2) is 6.87. The van der Waals surface area contributed by atoms with E-state index in [1.807, 2.05) is 0 Å². The van der Waals surface area contributed by atoms with Crippen molar-refractivity contribution in [3.63, 3.8) is 0 Å². The molecule has 0 bridgehead atoms. The lowest BCUT2D eigenvalue weighted by atomic mass is 10.3. The predicted molar refractivity (Wildman–Crippen MR) is 61.8 cm³/mol. The highest BCUT2D eigenvalue weighted by Gasteiger charge is 2.19. The topological polar surface area (TPSA) is 3.24 Å². The van der Waals surface area contributed by atoms with Gasteiger partial charge in [0.1, 0.15) is 0 Å². The predicted octanol–water partition coefficient (Wildman–Crippen LogP) is 3.01. The Kier molecular flexibility index (Phi) is 6.12. The zero-order valence-corrected chi connectivity index (χ0v) is 10.5. The third kappa shape index (κ3) is 4.49. The van der Waals surface area contributed by atoms with Gasteiger partial charge in [-0.05, 0) is 19.6 Å². The standard InChI is InChI=1S/C6H14N.C5H10.Al/c1-4-7(5-2)6-3;1-3-5-4-2;/h1,4-6H2,2-3H3;1-5H2;. The molecule has 0 atom stereocenters. The summed E-state index contributed by atoms with van der Waals surface area (Å²) in [7, 11) is 0. The second-order valence-electron chi connectivity index (χ2n) is 4.32. The Morgan fingerprint density at radius 3 is 2.15 bits per heavy atom. The Morgan fingerprint density at radius 2 is 1.62 bits per heavy atom. The molecule has 1 rings (SSSR count). The Labute approximate surface area is 87.9 Å². The third-order valence-electron chi connectivity index (χ3n) is 3.47. The van der Waals surface area contributed by atoms with Crippen molar-refractivity contribution < 1.29 is 0 Å². The molecule has 0 N–H and O–H groups in total. The van der Waals surface area contributed by atoms with Gasteiger partial charge in [0.2, 0.25) is 0 Å². The molecule has 76 valence electrons. The van der Waals surface area contributed by atoms with Crippen LogP contribution in [0.25, 0.3) is 0 Å². The van der Waals surface area contributed by atoms with Gasteiger partial charge in [-0.2, -0.15) is 0 Å². The minimum Gasteiger partial charge on any atom is -0.305 e. The highest BCUT2D eigenvalue weighted by atomic mass is 27.2.